The van der Waals surface area contributed by atoms with Crippen LogP contribution in [0.2, 0.25) is 0 Å². The number of rotatable bonds is 3. The number of hydrogen-bond donors (Lipinski definition) is 3. The summed E-state index contributed by atoms with van der Waals surface area (Å²) < 4.78 is 0. The highest BCUT2D eigenvalue weighted by molar-refractivity contribution is 5.18. The monoisotopic (exact) mass is 389 g/mol. The first kappa shape index (κ1) is 19.8. The normalized spacial score (nSPS) is 55.7. The second-order valence-electron chi connectivity index (χ2n) is 12.3. The lowest BCUT2D eigenvalue weighted by atomic mass is 9.41. The summed E-state index contributed by atoms with van der Waals surface area (Å²) in [6.45, 7) is 7.39. The maximum absolute atomic E-state index is 10.9. The lowest BCUT2D eigenvalue weighted by Crippen LogP contribution is -2.68. The first-order chi connectivity index (χ1) is 13.2. The van der Waals surface area contributed by atoms with Crippen LogP contribution in [0, 0.1) is 46.3 Å². The Kier molecular flexibility index (Phi) is 4.56. The minimum atomic E-state index is -0.0971. The number of aliphatic hydroxyl groups excluding tert-OH is 2. The summed E-state index contributed by atoms with van der Waals surface area (Å²) in [4.78, 5) is 0. The fraction of sp³-hybridized carbons (Fsp3) is 1.00. The van der Waals surface area contributed by atoms with Gasteiger partial charge in [-0.05, 0) is 117 Å². The third-order valence-electron chi connectivity index (χ3n) is 11.2. The molecule has 0 heterocycles. The van der Waals surface area contributed by atoms with Crippen LogP contribution in [0.3, 0.4) is 0 Å². The minimum absolute atomic E-state index is 0.0282. The quantitative estimate of drug-likeness (QED) is 0.666. The van der Waals surface area contributed by atoms with E-state index in [0.717, 1.165) is 25.7 Å². The first-order valence-electron chi connectivity index (χ1n) is 12.3. The van der Waals surface area contributed by atoms with E-state index in [1.807, 2.05) is 0 Å². The third kappa shape index (κ3) is 2.64. The van der Waals surface area contributed by atoms with Crippen LogP contribution < -0.4 is 5.73 Å². The summed E-state index contributed by atoms with van der Waals surface area (Å²) in [5.74, 6) is 3.51. The van der Waals surface area contributed by atoms with Crippen molar-refractivity contribution in [1.82, 2.24) is 0 Å². The highest BCUT2D eigenvalue weighted by atomic mass is 16.3. The molecule has 3 heteroatoms. The molecule has 5 rings (SSSR count). The predicted molar refractivity (Wildman–Crippen MR) is 113 cm³/mol. The summed E-state index contributed by atoms with van der Waals surface area (Å²) in [7, 11) is 0. The molecule has 3 nitrogen and oxygen atoms in total. The van der Waals surface area contributed by atoms with E-state index >= 15 is 0 Å². The Bertz CT molecular complexity index is 620. The molecular formula is C25H43NO2. The lowest BCUT2D eigenvalue weighted by molar-refractivity contribution is -0.144. The van der Waals surface area contributed by atoms with E-state index in [1.165, 1.54) is 44.9 Å². The van der Waals surface area contributed by atoms with Crippen LogP contribution in [-0.2, 0) is 0 Å². The van der Waals surface area contributed by atoms with Gasteiger partial charge in [-0.25, -0.2) is 0 Å². The highest BCUT2D eigenvalue weighted by Crippen LogP contribution is 2.69. The molecule has 10 atom stereocenters. The average molecular weight is 390 g/mol. The Morgan fingerprint density at radius 1 is 0.857 bits per heavy atom. The molecule has 0 amide bonds. The molecule has 0 aromatic rings. The highest BCUT2D eigenvalue weighted by Gasteiger charge is 2.66. The van der Waals surface area contributed by atoms with Crippen molar-refractivity contribution in [2.75, 3.05) is 0 Å². The number of hydrogen-bond acceptors (Lipinski definition) is 3. The molecule has 0 bridgehead atoms. The fourth-order valence-corrected chi connectivity index (χ4v) is 9.46. The lowest BCUT2D eigenvalue weighted by Gasteiger charge is -2.65. The Balaban J connectivity index is 1.42. The van der Waals surface area contributed by atoms with E-state index in [2.05, 4.69) is 20.8 Å². The van der Waals surface area contributed by atoms with E-state index in [4.69, 9.17) is 5.73 Å². The van der Waals surface area contributed by atoms with Crippen molar-refractivity contribution in [3.8, 4) is 0 Å². The molecule has 0 radical (unpaired) electrons. The standard InChI is InChI=1S/C25H43NO2/c1-15(22(28)16-4-5-16)19-6-7-20-24(19,3)12-10-21-23(2)11-9-18(27)14-17(23)8-13-25(20,21)26/h15-22,27-28H,4-14,26H2,1-3H3/t15-,17?,18-,19+,20?,21?,22+,23-,24+,25+/m0/s1. The van der Waals surface area contributed by atoms with Gasteiger partial charge < -0.3 is 15.9 Å². The van der Waals surface area contributed by atoms with E-state index in [0.29, 0.717) is 46.3 Å². The van der Waals surface area contributed by atoms with Crippen LogP contribution in [0.15, 0.2) is 0 Å². The number of nitrogens with two attached hydrogens (primary N) is 1. The summed E-state index contributed by atoms with van der Waals surface area (Å²) in [6.07, 6.45) is 12.8. The molecule has 5 fully saturated rings. The van der Waals surface area contributed by atoms with Gasteiger partial charge in [0.25, 0.3) is 0 Å². The third-order valence-corrected chi connectivity index (χ3v) is 11.2. The Hall–Kier alpha value is -0.120. The minimum Gasteiger partial charge on any atom is -0.393 e. The SMILES string of the molecule is C[C@@H]([C@H]1CCC2[C@]3(N)CCC4C[C@@H](O)CC[C@]4(C)C3CC[C@@]21C)[C@@H](O)C1CC1. The van der Waals surface area contributed by atoms with E-state index in [-0.39, 0.29) is 17.7 Å². The van der Waals surface area contributed by atoms with Crippen molar-refractivity contribution in [2.24, 2.45) is 52.1 Å². The maximum atomic E-state index is 10.9. The molecular weight excluding hydrogens is 346 g/mol. The molecule has 160 valence electrons. The van der Waals surface area contributed by atoms with Crippen molar-refractivity contribution in [3.63, 3.8) is 0 Å². The van der Waals surface area contributed by atoms with Gasteiger partial charge in [-0.3, -0.25) is 0 Å². The van der Waals surface area contributed by atoms with Gasteiger partial charge in [-0.15, -0.1) is 0 Å². The molecule has 0 aromatic heterocycles. The zero-order chi connectivity index (χ0) is 19.9. The molecule has 0 aromatic carbocycles. The summed E-state index contributed by atoms with van der Waals surface area (Å²) >= 11 is 0. The Labute approximate surface area is 171 Å². The molecule has 0 spiro atoms. The van der Waals surface area contributed by atoms with Crippen molar-refractivity contribution < 1.29 is 10.2 Å². The van der Waals surface area contributed by atoms with E-state index in [1.54, 1.807) is 0 Å². The topological polar surface area (TPSA) is 66.5 Å². The maximum Gasteiger partial charge on any atom is 0.0596 e. The second-order valence-corrected chi connectivity index (χ2v) is 12.3. The van der Waals surface area contributed by atoms with Crippen LogP contribution in [0.5, 0.6) is 0 Å². The average Bonchev–Trinajstić information content (AvgIpc) is 3.43. The molecule has 3 unspecified atom stereocenters. The zero-order valence-corrected chi connectivity index (χ0v) is 18.4. The van der Waals surface area contributed by atoms with Gasteiger partial charge in [0.1, 0.15) is 0 Å². The van der Waals surface area contributed by atoms with Gasteiger partial charge in [0, 0.05) is 5.54 Å². The van der Waals surface area contributed by atoms with Crippen LogP contribution in [0.4, 0.5) is 0 Å². The smallest absolute Gasteiger partial charge is 0.0596 e. The van der Waals surface area contributed by atoms with E-state index in [9.17, 15) is 10.2 Å². The van der Waals surface area contributed by atoms with Gasteiger partial charge in [0.15, 0.2) is 0 Å². The number of fused-ring (bicyclic) bond motifs is 5. The van der Waals surface area contributed by atoms with Crippen molar-refractivity contribution in [3.05, 3.63) is 0 Å². The molecule has 0 aliphatic heterocycles. The molecule has 5 aliphatic carbocycles. The van der Waals surface area contributed by atoms with Crippen LogP contribution in [0.25, 0.3) is 0 Å². The van der Waals surface area contributed by atoms with Gasteiger partial charge in [0.2, 0.25) is 0 Å². The largest absolute Gasteiger partial charge is 0.393 e. The molecule has 0 saturated heterocycles. The van der Waals surface area contributed by atoms with Gasteiger partial charge in [-0.2, -0.15) is 0 Å². The molecule has 4 N–H and O–H groups in total. The Morgan fingerprint density at radius 3 is 2.25 bits per heavy atom. The molecule has 5 saturated carbocycles. The first-order valence-corrected chi connectivity index (χ1v) is 12.3. The summed E-state index contributed by atoms with van der Waals surface area (Å²) in [5, 5.41) is 21.1. The van der Waals surface area contributed by atoms with Crippen molar-refractivity contribution in [2.45, 2.75) is 109 Å². The van der Waals surface area contributed by atoms with Crippen LogP contribution in [0.1, 0.15) is 91.4 Å². The van der Waals surface area contributed by atoms with Crippen LogP contribution >= 0.6 is 0 Å². The fourth-order valence-electron chi connectivity index (χ4n) is 9.46. The summed E-state index contributed by atoms with van der Waals surface area (Å²) in [5.41, 5.74) is 8.05. The Morgan fingerprint density at radius 2 is 1.54 bits per heavy atom. The number of aliphatic hydroxyl groups is 2. The van der Waals surface area contributed by atoms with E-state index < -0.39 is 0 Å². The van der Waals surface area contributed by atoms with Crippen molar-refractivity contribution >= 4 is 0 Å². The molecule has 5 aliphatic rings. The summed E-state index contributed by atoms with van der Waals surface area (Å²) in [6, 6.07) is 0. The second kappa shape index (κ2) is 6.44. The zero-order valence-electron chi connectivity index (χ0n) is 18.4. The predicted octanol–water partition coefficient (Wildman–Crippen LogP) is 4.49. The van der Waals surface area contributed by atoms with Gasteiger partial charge in [-0.1, -0.05) is 20.8 Å². The van der Waals surface area contributed by atoms with Gasteiger partial charge in [0.05, 0.1) is 12.2 Å². The van der Waals surface area contributed by atoms with Gasteiger partial charge >= 0.3 is 0 Å². The molecule has 28 heavy (non-hydrogen) atoms. The van der Waals surface area contributed by atoms with Crippen LogP contribution in [-0.4, -0.2) is 28.0 Å². The van der Waals surface area contributed by atoms with Crippen molar-refractivity contribution in [1.29, 1.82) is 0 Å².